The lowest BCUT2D eigenvalue weighted by atomic mass is 10.1. The maximum atomic E-state index is 12.3. The second kappa shape index (κ2) is 12.2. The number of carbonyl (C=O) groups is 3. The van der Waals surface area contributed by atoms with Crippen LogP contribution in [0.4, 0.5) is 5.69 Å². The average Bonchev–Trinajstić information content (AvgIpc) is 2.75. The Morgan fingerprint density at radius 2 is 1.76 bits per heavy atom. The summed E-state index contributed by atoms with van der Waals surface area (Å²) in [6.45, 7) is 9.39. The number of rotatable bonds is 9. The normalized spacial score (nSPS) is 10.7. The van der Waals surface area contributed by atoms with Gasteiger partial charge in [0.1, 0.15) is 0 Å². The molecule has 2 aromatic carbocycles. The number of amides is 3. The van der Waals surface area contributed by atoms with E-state index in [4.69, 9.17) is 9.47 Å². The molecular weight excluding hydrogens is 424 g/mol. The van der Waals surface area contributed by atoms with Crippen LogP contribution in [0, 0.1) is 13.8 Å². The third kappa shape index (κ3) is 8.29. The molecule has 0 aliphatic rings. The maximum absolute atomic E-state index is 12.3. The molecule has 3 N–H and O–H groups in total. The van der Waals surface area contributed by atoms with E-state index < -0.39 is 11.8 Å². The van der Waals surface area contributed by atoms with Gasteiger partial charge in [-0.05, 0) is 75.6 Å². The van der Waals surface area contributed by atoms with Crippen molar-refractivity contribution in [2.75, 3.05) is 18.5 Å². The fourth-order valence-corrected chi connectivity index (χ4v) is 2.74. The molecule has 0 atom stereocenters. The number of nitrogens with one attached hydrogen (secondary N) is 3. The van der Waals surface area contributed by atoms with Crippen LogP contribution < -0.4 is 25.5 Å². The SMILES string of the molecule is CCOc1cc(/C=N\NC(=O)C(=O)NC(C)C)ccc1OCC(=O)Nc1cc(C)ccc1C. The largest absolute Gasteiger partial charge is 0.490 e. The van der Waals surface area contributed by atoms with Crippen LogP contribution in [-0.2, 0) is 14.4 Å². The van der Waals surface area contributed by atoms with Gasteiger partial charge in [0.25, 0.3) is 5.91 Å². The van der Waals surface area contributed by atoms with Crippen molar-refractivity contribution >= 4 is 29.6 Å². The maximum Gasteiger partial charge on any atom is 0.329 e. The number of hydrogen-bond donors (Lipinski definition) is 3. The third-order valence-electron chi connectivity index (χ3n) is 4.30. The molecular formula is C24H30N4O5. The molecule has 0 aliphatic carbocycles. The summed E-state index contributed by atoms with van der Waals surface area (Å²) in [7, 11) is 0. The Labute approximate surface area is 193 Å². The Morgan fingerprint density at radius 1 is 1.00 bits per heavy atom. The molecule has 9 heteroatoms. The highest BCUT2D eigenvalue weighted by Crippen LogP contribution is 2.28. The number of ether oxygens (including phenoxy) is 2. The predicted molar refractivity (Wildman–Crippen MR) is 127 cm³/mol. The summed E-state index contributed by atoms with van der Waals surface area (Å²) in [4.78, 5) is 35.6. The molecule has 0 heterocycles. The van der Waals surface area contributed by atoms with Crippen molar-refractivity contribution in [2.45, 2.75) is 40.7 Å². The van der Waals surface area contributed by atoms with Crippen molar-refractivity contribution < 1.29 is 23.9 Å². The molecule has 0 aromatic heterocycles. The smallest absolute Gasteiger partial charge is 0.329 e. The topological polar surface area (TPSA) is 118 Å². The highest BCUT2D eigenvalue weighted by atomic mass is 16.5. The summed E-state index contributed by atoms with van der Waals surface area (Å²) in [5, 5.41) is 9.11. The zero-order valence-corrected chi connectivity index (χ0v) is 19.5. The second-order valence-corrected chi connectivity index (χ2v) is 7.62. The molecule has 0 fully saturated rings. The monoisotopic (exact) mass is 454 g/mol. The van der Waals surface area contributed by atoms with Crippen molar-refractivity contribution in [2.24, 2.45) is 5.10 Å². The van der Waals surface area contributed by atoms with E-state index in [0.29, 0.717) is 23.7 Å². The Hall–Kier alpha value is -3.88. The van der Waals surface area contributed by atoms with Crippen LogP contribution in [0.2, 0.25) is 0 Å². The summed E-state index contributed by atoms with van der Waals surface area (Å²) >= 11 is 0. The lowest BCUT2D eigenvalue weighted by Gasteiger charge is -2.13. The van der Waals surface area contributed by atoms with E-state index in [1.807, 2.05) is 39.0 Å². The Kier molecular flexibility index (Phi) is 9.41. The van der Waals surface area contributed by atoms with Crippen LogP contribution in [0.1, 0.15) is 37.5 Å². The summed E-state index contributed by atoms with van der Waals surface area (Å²) in [5.74, 6) is -1.10. The van der Waals surface area contributed by atoms with Gasteiger partial charge in [0.05, 0.1) is 12.8 Å². The lowest BCUT2D eigenvalue weighted by molar-refractivity contribution is -0.139. The van der Waals surface area contributed by atoms with E-state index in [9.17, 15) is 14.4 Å². The van der Waals surface area contributed by atoms with Crippen molar-refractivity contribution in [3.05, 3.63) is 53.1 Å². The van der Waals surface area contributed by atoms with E-state index in [2.05, 4.69) is 21.2 Å². The zero-order chi connectivity index (χ0) is 24.4. The summed E-state index contributed by atoms with van der Waals surface area (Å²) < 4.78 is 11.3. The first kappa shape index (κ1) is 25.4. The Balaban J connectivity index is 1.99. The van der Waals surface area contributed by atoms with Crippen LogP contribution in [0.5, 0.6) is 11.5 Å². The molecule has 2 rings (SSSR count). The molecule has 0 saturated heterocycles. The molecule has 176 valence electrons. The fourth-order valence-electron chi connectivity index (χ4n) is 2.74. The van der Waals surface area contributed by atoms with E-state index in [1.54, 1.807) is 32.0 Å². The van der Waals surface area contributed by atoms with E-state index >= 15 is 0 Å². The van der Waals surface area contributed by atoms with Gasteiger partial charge in [-0.15, -0.1) is 0 Å². The van der Waals surface area contributed by atoms with Crippen molar-refractivity contribution in [1.29, 1.82) is 0 Å². The van der Waals surface area contributed by atoms with Crippen LogP contribution in [0.3, 0.4) is 0 Å². The molecule has 0 spiro atoms. The minimum Gasteiger partial charge on any atom is -0.490 e. The number of anilines is 1. The highest BCUT2D eigenvalue weighted by molar-refractivity contribution is 6.35. The molecule has 33 heavy (non-hydrogen) atoms. The van der Waals surface area contributed by atoms with Gasteiger partial charge in [-0.2, -0.15) is 5.10 Å². The Bertz CT molecular complexity index is 1030. The van der Waals surface area contributed by atoms with Gasteiger partial charge in [0, 0.05) is 11.7 Å². The number of hydrazone groups is 1. The number of benzene rings is 2. The predicted octanol–water partition coefficient (Wildman–Crippen LogP) is 2.69. The number of nitrogens with zero attached hydrogens (tertiary/aromatic N) is 1. The van der Waals surface area contributed by atoms with Crippen LogP contribution in [0.25, 0.3) is 0 Å². The molecule has 3 amide bonds. The van der Waals surface area contributed by atoms with Crippen LogP contribution in [-0.4, -0.2) is 43.2 Å². The quantitative estimate of drug-likeness (QED) is 0.306. The van der Waals surface area contributed by atoms with Gasteiger partial charge in [0.15, 0.2) is 18.1 Å². The first-order chi connectivity index (χ1) is 15.7. The molecule has 9 nitrogen and oxygen atoms in total. The van der Waals surface area contributed by atoms with Crippen LogP contribution >= 0.6 is 0 Å². The van der Waals surface area contributed by atoms with Gasteiger partial charge in [0.2, 0.25) is 0 Å². The summed E-state index contributed by atoms with van der Waals surface area (Å²) in [5.41, 5.74) is 5.52. The first-order valence-corrected chi connectivity index (χ1v) is 10.6. The van der Waals surface area contributed by atoms with Gasteiger partial charge in [-0.1, -0.05) is 12.1 Å². The van der Waals surface area contributed by atoms with Gasteiger partial charge >= 0.3 is 11.8 Å². The number of hydrogen-bond acceptors (Lipinski definition) is 6. The molecule has 0 unspecified atom stereocenters. The Morgan fingerprint density at radius 3 is 2.45 bits per heavy atom. The van der Waals surface area contributed by atoms with E-state index in [0.717, 1.165) is 16.8 Å². The molecule has 0 aliphatic heterocycles. The molecule has 0 saturated carbocycles. The second-order valence-electron chi connectivity index (χ2n) is 7.62. The van der Waals surface area contributed by atoms with E-state index in [-0.39, 0.29) is 18.6 Å². The van der Waals surface area contributed by atoms with Crippen molar-refractivity contribution in [3.63, 3.8) is 0 Å². The van der Waals surface area contributed by atoms with Crippen molar-refractivity contribution in [1.82, 2.24) is 10.7 Å². The number of aryl methyl sites for hydroxylation is 2. The van der Waals surface area contributed by atoms with Gasteiger partial charge in [-0.3, -0.25) is 14.4 Å². The molecule has 2 aromatic rings. The lowest BCUT2D eigenvalue weighted by Crippen LogP contribution is -2.41. The first-order valence-electron chi connectivity index (χ1n) is 10.6. The minimum atomic E-state index is -0.861. The number of carbonyl (C=O) groups excluding carboxylic acids is 3. The summed E-state index contributed by atoms with van der Waals surface area (Å²) in [6, 6.07) is 10.7. The fraction of sp³-hybridized carbons (Fsp3) is 0.333. The van der Waals surface area contributed by atoms with Gasteiger partial charge in [-0.25, -0.2) is 5.43 Å². The zero-order valence-electron chi connectivity index (χ0n) is 19.5. The third-order valence-corrected chi connectivity index (χ3v) is 4.30. The van der Waals surface area contributed by atoms with Gasteiger partial charge < -0.3 is 20.1 Å². The average molecular weight is 455 g/mol. The van der Waals surface area contributed by atoms with Crippen LogP contribution in [0.15, 0.2) is 41.5 Å². The summed E-state index contributed by atoms with van der Waals surface area (Å²) in [6.07, 6.45) is 1.38. The molecule has 0 bridgehead atoms. The molecule has 0 radical (unpaired) electrons. The highest BCUT2D eigenvalue weighted by Gasteiger charge is 2.13. The van der Waals surface area contributed by atoms with E-state index in [1.165, 1.54) is 6.21 Å². The minimum absolute atomic E-state index is 0.156. The van der Waals surface area contributed by atoms with Crippen molar-refractivity contribution in [3.8, 4) is 11.5 Å². The standard InChI is InChI=1S/C24H30N4O5/c1-6-32-21-12-18(13-25-28-24(31)23(30)26-15(2)3)9-10-20(21)33-14-22(29)27-19-11-16(4)7-8-17(19)5/h7-13,15H,6,14H2,1-5H3,(H,26,30)(H,27,29)(H,28,31)/b25-13-.